The van der Waals surface area contributed by atoms with E-state index in [1.54, 1.807) is 32.3 Å². The Morgan fingerprint density at radius 1 is 1.50 bits per heavy atom. The molecule has 5 nitrogen and oxygen atoms in total. The molecule has 0 saturated carbocycles. The molecule has 0 heterocycles. The number of hydrogen-bond acceptors (Lipinski definition) is 4. The van der Waals surface area contributed by atoms with Crippen LogP contribution in [0, 0.1) is 0 Å². The van der Waals surface area contributed by atoms with Gasteiger partial charge in [0.1, 0.15) is 0 Å². The highest BCUT2D eigenvalue weighted by Gasteiger charge is 2.14. The zero-order chi connectivity index (χ0) is 13.7. The number of benzene rings is 1. The van der Waals surface area contributed by atoms with Crippen LogP contribution in [-0.2, 0) is 0 Å². The lowest BCUT2D eigenvalue weighted by molar-refractivity contribution is 0.0828. The second-order valence-corrected chi connectivity index (χ2v) is 4.56. The number of nitrogens with two attached hydrogens (primary N) is 1. The first-order valence-electron chi connectivity index (χ1n) is 5.94. The molecular weight excluding hydrogens is 230 g/mol. The fourth-order valence-corrected chi connectivity index (χ4v) is 1.64. The van der Waals surface area contributed by atoms with Crippen molar-refractivity contribution in [2.75, 3.05) is 31.8 Å². The lowest BCUT2D eigenvalue weighted by Crippen LogP contribution is -2.25. The minimum absolute atomic E-state index is 0.0745. The van der Waals surface area contributed by atoms with Crippen molar-refractivity contribution in [2.45, 2.75) is 19.4 Å². The van der Waals surface area contributed by atoms with Gasteiger partial charge in [-0.05, 0) is 31.5 Å². The molecule has 4 N–H and O–H groups in total. The quantitative estimate of drug-likeness (QED) is 0.686. The number of nitrogens with zero attached hydrogens (tertiary/aromatic N) is 1. The van der Waals surface area contributed by atoms with Gasteiger partial charge in [0.25, 0.3) is 5.91 Å². The number of carbonyl (C=O) groups is 1. The second-order valence-electron chi connectivity index (χ2n) is 4.56. The van der Waals surface area contributed by atoms with Gasteiger partial charge in [-0.25, -0.2) is 0 Å². The van der Waals surface area contributed by atoms with Gasteiger partial charge in [-0.2, -0.15) is 0 Å². The van der Waals surface area contributed by atoms with Gasteiger partial charge < -0.3 is 21.1 Å². The molecule has 100 valence electrons. The zero-order valence-electron chi connectivity index (χ0n) is 11.1. The van der Waals surface area contributed by atoms with E-state index in [0.29, 0.717) is 23.4 Å². The van der Waals surface area contributed by atoms with Gasteiger partial charge >= 0.3 is 0 Å². The average molecular weight is 251 g/mol. The summed E-state index contributed by atoms with van der Waals surface area (Å²) in [7, 11) is 3.42. The van der Waals surface area contributed by atoms with Crippen molar-refractivity contribution in [3.05, 3.63) is 23.8 Å². The fraction of sp³-hybridized carbons (Fsp3) is 0.462. The van der Waals surface area contributed by atoms with Crippen molar-refractivity contribution >= 4 is 17.3 Å². The molecule has 0 radical (unpaired) electrons. The molecule has 1 atom stereocenters. The van der Waals surface area contributed by atoms with Gasteiger partial charge in [-0.1, -0.05) is 0 Å². The van der Waals surface area contributed by atoms with Crippen LogP contribution in [-0.4, -0.2) is 42.7 Å². The standard InChI is InChI=1S/C13H21N3O2/c1-9(6-7-17)15-12-8-10(14)4-5-11(12)13(18)16(2)3/h4-5,8-9,15,17H,6-7,14H2,1-3H3. The highest BCUT2D eigenvalue weighted by atomic mass is 16.3. The summed E-state index contributed by atoms with van der Waals surface area (Å²) < 4.78 is 0. The summed E-state index contributed by atoms with van der Waals surface area (Å²) in [5.74, 6) is -0.0753. The molecule has 0 spiro atoms. The molecule has 1 unspecified atom stereocenters. The van der Waals surface area contributed by atoms with Gasteiger partial charge in [-0.3, -0.25) is 4.79 Å². The third kappa shape index (κ3) is 3.63. The Kier molecular flexibility index (Phi) is 4.97. The third-order valence-corrected chi connectivity index (χ3v) is 2.64. The zero-order valence-corrected chi connectivity index (χ0v) is 11.1. The van der Waals surface area contributed by atoms with Crippen LogP contribution in [0.4, 0.5) is 11.4 Å². The number of nitrogen functional groups attached to an aromatic ring is 1. The molecule has 0 aliphatic rings. The number of aliphatic hydroxyl groups is 1. The van der Waals surface area contributed by atoms with Crippen LogP contribution < -0.4 is 11.1 Å². The Labute approximate surface area is 108 Å². The predicted octanol–water partition coefficient (Wildman–Crippen LogP) is 1.15. The number of rotatable bonds is 5. The first kappa shape index (κ1) is 14.3. The van der Waals surface area contributed by atoms with Crippen LogP contribution in [0.25, 0.3) is 0 Å². The van der Waals surface area contributed by atoms with Crippen LogP contribution in [0.2, 0.25) is 0 Å². The lowest BCUT2D eigenvalue weighted by Gasteiger charge is -2.19. The number of carbonyl (C=O) groups excluding carboxylic acids is 1. The monoisotopic (exact) mass is 251 g/mol. The minimum atomic E-state index is -0.0753. The third-order valence-electron chi connectivity index (χ3n) is 2.64. The Morgan fingerprint density at radius 3 is 2.72 bits per heavy atom. The molecule has 1 rings (SSSR count). The molecule has 0 aliphatic carbocycles. The number of nitrogens with one attached hydrogen (secondary N) is 1. The van der Waals surface area contributed by atoms with E-state index >= 15 is 0 Å². The molecular formula is C13H21N3O2. The maximum absolute atomic E-state index is 12.0. The molecule has 0 fully saturated rings. The summed E-state index contributed by atoms with van der Waals surface area (Å²) >= 11 is 0. The van der Waals surface area contributed by atoms with Crippen molar-refractivity contribution < 1.29 is 9.90 Å². The van der Waals surface area contributed by atoms with E-state index in [0.717, 1.165) is 0 Å². The van der Waals surface area contributed by atoms with E-state index in [1.165, 1.54) is 4.90 Å². The number of anilines is 2. The maximum Gasteiger partial charge on any atom is 0.255 e. The minimum Gasteiger partial charge on any atom is -0.399 e. The Hall–Kier alpha value is -1.75. The van der Waals surface area contributed by atoms with Gasteiger partial charge in [-0.15, -0.1) is 0 Å². The fourth-order valence-electron chi connectivity index (χ4n) is 1.64. The van der Waals surface area contributed by atoms with Gasteiger partial charge in [0.2, 0.25) is 0 Å². The Morgan fingerprint density at radius 2 is 2.17 bits per heavy atom. The molecule has 1 aromatic carbocycles. The van der Waals surface area contributed by atoms with E-state index in [4.69, 9.17) is 10.8 Å². The summed E-state index contributed by atoms with van der Waals surface area (Å²) in [5, 5.41) is 12.1. The molecule has 5 heteroatoms. The van der Waals surface area contributed by atoms with Gasteiger partial charge in [0.05, 0.1) is 5.56 Å². The molecule has 0 bridgehead atoms. The number of amides is 1. The summed E-state index contributed by atoms with van der Waals surface area (Å²) in [6, 6.07) is 5.24. The molecule has 0 aromatic heterocycles. The number of hydrogen-bond donors (Lipinski definition) is 3. The summed E-state index contributed by atoms with van der Waals surface area (Å²) in [6.07, 6.45) is 0.615. The van der Waals surface area contributed by atoms with Crippen molar-refractivity contribution in [3.63, 3.8) is 0 Å². The maximum atomic E-state index is 12.0. The average Bonchev–Trinajstić information content (AvgIpc) is 2.28. The van der Waals surface area contributed by atoms with E-state index in [-0.39, 0.29) is 18.6 Å². The smallest absolute Gasteiger partial charge is 0.255 e. The highest BCUT2D eigenvalue weighted by Crippen LogP contribution is 2.21. The van der Waals surface area contributed by atoms with Gasteiger partial charge in [0.15, 0.2) is 0 Å². The lowest BCUT2D eigenvalue weighted by atomic mass is 10.1. The van der Waals surface area contributed by atoms with E-state index in [2.05, 4.69) is 5.32 Å². The number of aliphatic hydroxyl groups excluding tert-OH is 1. The van der Waals surface area contributed by atoms with E-state index < -0.39 is 0 Å². The van der Waals surface area contributed by atoms with Gasteiger partial charge in [0, 0.05) is 38.1 Å². The first-order valence-corrected chi connectivity index (χ1v) is 5.94. The van der Waals surface area contributed by atoms with Crippen LogP contribution in [0.3, 0.4) is 0 Å². The summed E-state index contributed by atoms with van der Waals surface area (Å²) in [4.78, 5) is 13.5. The topological polar surface area (TPSA) is 78.6 Å². The van der Waals surface area contributed by atoms with Crippen molar-refractivity contribution in [2.24, 2.45) is 0 Å². The molecule has 0 saturated heterocycles. The van der Waals surface area contributed by atoms with Crippen molar-refractivity contribution in [3.8, 4) is 0 Å². The van der Waals surface area contributed by atoms with Crippen molar-refractivity contribution in [1.29, 1.82) is 0 Å². The Bertz CT molecular complexity index is 419. The predicted molar refractivity (Wildman–Crippen MR) is 73.7 cm³/mol. The van der Waals surface area contributed by atoms with Crippen LogP contribution in [0.5, 0.6) is 0 Å². The summed E-state index contributed by atoms with van der Waals surface area (Å²) in [5.41, 5.74) is 7.63. The second kappa shape index (κ2) is 6.26. The molecule has 0 aliphatic heterocycles. The summed E-state index contributed by atoms with van der Waals surface area (Å²) in [6.45, 7) is 2.05. The van der Waals surface area contributed by atoms with Crippen LogP contribution >= 0.6 is 0 Å². The first-order chi connectivity index (χ1) is 8.45. The van der Waals surface area contributed by atoms with Crippen molar-refractivity contribution in [1.82, 2.24) is 4.90 Å². The highest BCUT2D eigenvalue weighted by molar-refractivity contribution is 6.00. The molecule has 1 aromatic rings. The van der Waals surface area contributed by atoms with Crippen LogP contribution in [0.1, 0.15) is 23.7 Å². The van der Waals surface area contributed by atoms with Crippen LogP contribution in [0.15, 0.2) is 18.2 Å². The SMILES string of the molecule is CC(CCO)Nc1cc(N)ccc1C(=O)N(C)C. The molecule has 18 heavy (non-hydrogen) atoms. The van der Waals surface area contributed by atoms with E-state index in [9.17, 15) is 4.79 Å². The molecule has 1 amide bonds. The van der Waals surface area contributed by atoms with E-state index in [1.807, 2.05) is 6.92 Å². The Balaban J connectivity index is 3.00. The normalized spacial score (nSPS) is 12.0. The largest absolute Gasteiger partial charge is 0.399 e.